The Kier molecular flexibility index (Phi) is 5.80. The summed E-state index contributed by atoms with van der Waals surface area (Å²) in [7, 11) is 0. The quantitative estimate of drug-likeness (QED) is 0.173. The predicted octanol–water partition coefficient (Wildman–Crippen LogP) is 8.20. The van der Waals surface area contributed by atoms with Gasteiger partial charge in [-0.3, -0.25) is 0 Å². The van der Waals surface area contributed by atoms with E-state index in [9.17, 15) is 0 Å². The summed E-state index contributed by atoms with van der Waals surface area (Å²) in [4.78, 5) is 14.3. The molecule has 1 radical (unpaired) electrons. The molecule has 3 aromatic heterocycles. The van der Waals surface area contributed by atoms with Crippen LogP contribution in [0.2, 0.25) is 0 Å². The van der Waals surface area contributed by atoms with Crippen LogP contribution in [0, 0.1) is 12.1 Å². The van der Waals surface area contributed by atoms with Gasteiger partial charge in [-0.1, -0.05) is 68.0 Å². The van der Waals surface area contributed by atoms with Gasteiger partial charge in [-0.25, -0.2) is 0 Å². The first-order valence-electron chi connectivity index (χ1n) is 15.6. The van der Waals surface area contributed by atoms with Gasteiger partial charge < -0.3 is 15.0 Å². The molecule has 4 aromatic rings. The third-order valence-electron chi connectivity index (χ3n) is 12.3. The molecule has 3 nitrogen and oxygen atoms in total. The Morgan fingerprint density at radius 1 is 0.488 bits per heavy atom. The molecular formula is C37H35IrN3-2. The molecule has 0 unspecified atom stereocenters. The molecule has 0 atom stereocenters. The molecule has 0 bridgehead atoms. The molecule has 6 aliphatic rings. The maximum atomic E-state index is 4.82. The molecular weight excluding hydrogens is 679 g/mol. The molecule has 0 saturated heterocycles. The number of nitrogens with zero attached hydrogens (tertiary/aromatic N) is 3. The maximum absolute atomic E-state index is 4.82. The minimum atomic E-state index is 0. The van der Waals surface area contributed by atoms with E-state index < -0.39 is 0 Å². The van der Waals surface area contributed by atoms with Crippen LogP contribution in [0.25, 0.3) is 22.5 Å². The summed E-state index contributed by atoms with van der Waals surface area (Å²) in [6, 6.07) is 24.3. The second-order valence-electron chi connectivity index (χ2n) is 13.3. The molecule has 3 heterocycles. The van der Waals surface area contributed by atoms with Crippen LogP contribution in [-0.2, 0) is 41.8 Å². The van der Waals surface area contributed by atoms with Gasteiger partial charge in [0.15, 0.2) is 0 Å². The van der Waals surface area contributed by atoms with E-state index >= 15 is 0 Å². The van der Waals surface area contributed by atoms with Crippen LogP contribution in [-0.4, -0.2) is 15.0 Å². The molecule has 0 spiro atoms. The number of hydrogen-bond acceptors (Lipinski definition) is 3. The molecule has 4 heteroatoms. The second-order valence-corrected chi connectivity index (χ2v) is 13.3. The van der Waals surface area contributed by atoms with Crippen LogP contribution in [0.3, 0.4) is 0 Å². The molecule has 10 rings (SSSR count). The van der Waals surface area contributed by atoms with Gasteiger partial charge in [0.25, 0.3) is 0 Å². The van der Waals surface area contributed by atoms with Crippen molar-refractivity contribution < 1.29 is 20.1 Å². The van der Waals surface area contributed by atoms with Crippen molar-refractivity contribution in [2.75, 3.05) is 0 Å². The van der Waals surface area contributed by atoms with Crippen molar-refractivity contribution in [2.24, 2.45) is 0 Å². The largest absolute Gasteiger partial charge is 0.356 e. The van der Waals surface area contributed by atoms with Crippen LogP contribution in [0.15, 0.2) is 67.1 Å². The fraction of sp³-hybridized carbons (Fsp3) is 0.432. The van der Waals surface area contributed by atoms with E-state index in [0.29, 0.717) is 16.2 Å². The SMILES string of the molecule is [Ir].[c-]1cccc2c1-c1ncccc1C13CCCC21CCC3.[c-]1ccnc2c1-c1ncccc1C13CCCC21CCC3. The van der Waals surface area contributed by atoms with Gasteiger partial charge in [-0.15, -0.1) is 53.1 Å². The number of aromatic nitrogens is 3. The Hall–Kier alpha value is -2.68. The van der Waals surface area contributed by atoms with Crippen molar-refractivity contribution in [3.05, 3.63) is 102 Å². The monoisotopic (exact) mass is 714 g/mol. The minimum absolute atomic E-state index is 0. The summed E-state index contributed by atoms with van der Waals surface area (Å²) in [5.74, 6) is 0. The average molecular weight is 714 g/mol. The van der Waals surface area contributed by atoms with E-state index in [2.05, 4.69) is 48.5 Å². The van der Waals surface area contributed by atoms with E-state index in [0.717, 1.165) is 5.69 Å². The molecule has 0 aliphatic heterocycles. The van der Waals surface area contributed by atoms with Gasteiger partial charge in [0.05, 0.1) is 0 Å². The van der Waals surface area contributed by atoms with Crippen LogP contribution in [0.4, 0.5) is 0 Å². The summed E-state index contributed by atoms with van der Waals surface area (Å²) < 4.78 is 0. The Labute approximate surface area is 257 Å². The summed E-state index contributed by atoms with van der Waals surface area (Å²) in [6.45, 7) is 0. The van der Waals surface area contributed by atoms with Crippen LogP contribution >= 0.6 is 0 Å². The van der Waals surface area contributed by atoms with E-state index in [1.165, 1.54) is 111 Å². The van der Waals surface area contributed by atoms with Crippen molar-refractivity contribution in [1.29, 1.82) is 0 Å². The van der Waals surface area contributed by atoms with Gasteiger partial charge in [0, 0.05) is 32.5 Å². The summed E-state index contributed by atoms with van der Waals surface area (Å²) in [5, 5.41) is 0. The molecule has 4 fully saturated rings. The zero-order valence-corrected chi connectivity index (χ0v) is 25.9. The zero-order valence-electron chi connectivity index (χ0n) is 23.5. The number of hydrogen-bond donors (Lipinski definition) is 0. The third kappa shape index (κ3) is 3.06. The zero-order chi connectivity index (χ0) is 26.4. The fourth-order valence-electron chi connectivity index (χ4n) is 11.1. The first-order valence-corrected chi connectivity index (χ1v) is 15.6. The molecule has 1 aromatic carbocycles. The number of pyridine rings is 3. The maximum Gasteiger partial charge on any atom is 0.0161 e. The Bertz CT molecular complexity index is 1400. The normalized spacial score (nSPS) is 32.4. The fourth-order valence-corrected chi connectivity index (χ4v) is 11.1. The van der Waals surface area contributed by atoms with Crippen molar-refractivity contribution in [3.63, 3.8) is 0 Å². The molecule has 0 amide bonds. The number of fused-ring (bicyclic) bond motifs is 6. The number of benzene rings is 1. The molecule has 0 N–H and O–H groups in total. The second kappa shape index (κ2) is 9.16. The first-order chi connectivity index (χ1) is 19.7. The molecule has 41 heavy (non-hydrogen) atoms. The van der Waals surface area contributed by atoms with Gasteiger partial charge in [0.1, 0.15) is 0 Å². The van der Waals surface area contributed by atoms with Crippen LogP contribution < -0.4 is 0 Å². The minimum Gasteiger partial charge on any atom is -0.356 e. The van der Waals surface area contributed by atoms with Crippen molar-refractivity contribution in [2.45, 2.75) is 98.7 Å². The van der Waals surface area contributed by atoms with Crippen LogP contribution in [0.1, 0.15) is 99.4 Å². The van der Waals surface area contributed by atoms with E-state index in [1.54, 1.807) is 5.56 Å². The standard InChI is InChI=1S/C19H18N.C18H17N2.Ir/c1-2-7-15-14(6-1)17-16(8-3-13-20-17)19-11-4-9-18(15,19)10-5-12-19;1-5-13-15-14(6-2-11-19-15)17-7-3-9-18(17,10-4-8-17)16(13)20-12-1;/h1-3,7-8,13H,4-5,9-12H2;1-2,6,11-12H,3-4,7-10H2;/q2*-1;. The predicted molar refractivity (Wildman–Crippen MR) is 157 cm³/mol. The van der Waals surface area contributed by atoms with Crippen molar-refractivity contribution in [1.82, 2.24) is 15.0 Å². The Morgan fingerprint density at radius 2 is 0.976 bits per heavy atom. The van der Waals surface area contributed by atoms with E-state index in [1.807, 2.05) is 30.7 Å². The molecule has 209 valence electrons. The smallest absolute Gasteiger partial charge is 0.0161 e. The van der Waals surface area contributed by atoms with Gasteiger partial charge in [0.2, 0.25) is 0 Å². The molecule has 4 saturated carbocycles. The van der Waals surface area contributed by atoms with E-state index in [-0.39, 0.29) is 25.5 Å². The number of rotatable bonds is 0. The summed E-state index contributed by atoms with van der Waals surface area (Å²) >= 11 is 0. The van der Waals surface area contributed by atoms with Gasteiger partial charge in [-0.2, -0.15) is 0 Å². The first kappa shape index (κ1) is 26.0. The van der Waals surface area contributed by atoms with Gasteiger partial charge >= 0.3 is 0 Å². The molecule has 6 aliphatic carbocycles. The summed E-state index contributed by atoms with van der Waals surface area (Å²) in [5.41, 5.74) is 12.0. The average Bonchev–Trinajstić information content (AvgIpc) is 3.77. The van der Waals surface area contributed by atoms with Gasteiger partial charge in [-0.05, 0) is 89.4 Å². The summed E-state index contributed by atoms with van der Waals surface area (Å²) in [6.07, 6.45) is 21.7. The van der Waals surface area contributed by atoms with Crippen molar-refractivity contribution in [3.8, 4) is 22.5 Å². The Morgan fingerprint density at radius 3 is 1.61 bits per heavy atom. The third-order valence-corrected chi connectivity index (χ3v) is 12.3. The Balaban J connectivity index is 0.000000122. The topological polar surface area (TPSA) is 38.7 Å². The van der Waals surface area contributed by atoms with Crippen LogP contribution in [0.5, 0.6) is 0 Å². The van der Waals surface area contributed by atoms with E-state index in [4.69, 9.17) is 15.0 Å². The van der Waals surface area contributed by atoms with Crippen molar-refractivity contribution >= 4 is 0 Å².